The van der Waals surface area contributed by atoms with Crippen LogP contribution < -0.4 is 0 Å². The maximum absolute atomic E-state index is 11.0. The summed E-state index contributed by atoms with van der Waals surface area (Å²) in [6.07, 6.45) is 0.966. The summed E-state index contributed by atoms with van der Waals surface area (Å²) in [7, 11) is 0. The maximum Gasteiger partial charge on any atom is 0.331 e. The van der Waals surface area contributed by atoms with Gasteiger partial charge in [-0.05, 0) is 27.7 Å². The van der Waals surface area contributed by atoms with E-state index in [1.54, 1.807) is 20.8 Å². The van der Waals surface area contributed by atoms with Gasteiger partial charge in [-0.15, -0.1) is 0 Å². The van der Waals surface area contributed by atoms with Crippen molar-refractivity contribution >= 4 is 11.9 Å². The van der Waals surface area contributed by atoms with E-state index < -0.39 is 17.5 Å². The van der Waals surface area contributed by atoms with Gasteiger partial charge in [-0.1, -0.05) is 0 Å². The minimum absolute atomic E-state index is 0.0331. The van der Waals surface area contributed by atoms with E-state index in [0.29, 0.717) is 0 Å². The molecule has 0 radical (unpaired) electrons. The second kappa shape index (κ2) is 4.07. The van der Waals surface area contributed by atoms with Gasteiger partial charge in [0.15, 0.2) is 0 Å². The standard InChI is InChI=1S/C9H14O4/c1-6(8(11)12)5-7(10)13-9(2,3)4/h5H,1-4H3,(H,11,12). The van der Waals surface area contributed by atoms with Crippen LogP contribution in [0, 0.1) is 0 Å². The first kappa shape index (κ1) is 11.7. The Morgan fingerprint density at radius 2 is 1.77 bits per heavy atom. The second-order valence-electron chi connectivity index (χ2n) is 3.67. The molecule has 0 aromatic rings. The number of esters is 1. The van der Waals surface area contributed by atoms with Crippen molar-refractivity contribution in [1.82, 2.24) is 0 Å². The second-order valence-corrected chi connectivity index (χ2v) is 3.67. The van der Waals surface area contributed by atoms with Crippen molar-refractivity contribution in [2.45, 2.75) is 33.3 Å². The molecule has 0 aliphatic rings. The quantitative estimate of drug-likeness (QED) is 0.522. The van der Waals surface area contributed by atoms with Crippen molar-refractivity contribution in [2.24, 2.45) is 0 Å². The Morgan fingerprint density at radius 3 is 2.08 bits per heavy atom. The number of ether oxygens (including phenoxy) is 1. The van der Waals surface area contributed by atoms with Crippen molar-refractivity contribution in [1.29, 1.82) is 0 Å². The molecule has 0 amide bonds. The van der Waals surface area contributed by atoms with E-state index >= 15 is 0 Å². The van der Waals surface area contributed by atoms with E-state index in [2.05, 4.69) is 0 Å². The average Bonchev–Trinajstić information content (AvgIpc) is 1.81. The highest BCUT2D eigenvalue weighted by Gasteiger charge is 2.15. The zero-order chi connectivity index (χ0) is 10.6. The molecule has 0 rings (SSSR count). The Morgan fingerprint density at radius 1 is 1.31 bits per heavy atom. The lowest BCUT2D eigenvalue weighted by atomic mass is 10.2. The number of carbonyl (C=O) groups is 2. The molecule has 13 heavy (non-hydrogen) atoms. The largest absolute Gasteiger partial charge is 0.478 e. The topological polar surface area (TPSA) is 63.6 Å². The highest BCUT2D eigenvalue weighted by atomic mass is 16.6. The summed E-state index contributed by atoms with van der Waals surface area (Å²) in [5.41, 5.74) is -0.624. The molecule has 74 valence electrons. The van der Waals surface area contributed by atoms with E-state index in [4.69, 9.17) is 9.84 Å². The van der Waals surface area contributed by atoms with Crippen LogP contribution in [0.3, 0.4) is 0 Å². The van der Waals surface area contributed by atoms with Crippen LogP contribution in [0.5, 0.6) is 0 Å². The first-order valence-corrected chi connectivity index (χ1v) is 3.87. The zero-order valence-electron chi connectivity index (χ0n) is 8.25. The molecule has 0 heterocycles. The lowest BCUT2D eigenvalue weighted by Crippen LogP contribution is -2.23. The Hall–Kier alpha value is -1.32. The predicted octanol–water partition coefficient (Wildman–Crippen LogP) is 1.36. The molecule has 0 aliphatic carbocycles. The summed E-state index contributed by atoms with van der Waals surface area (Å²) in [6, 6.07) is 0. The van der Waals surface area contributed by atoms with Crippen molar-refractivity contribution in [3.63, 3.8) is 0 Å². The van der Waals surface area contributed by atoms with Gasteiger partial charge < -0.3 is 9.84 Å². The molecule has 0 spiro atoms. The van der Waals surface area contributed by atoms with Gasteiger partial charge in [-0.3, -0.25) is 0 Å². The number of carboxylic acids is 1. The lowest BCUT2D eigenvalue weighted by molar-refractivity contribution is -0.149. The Bertz CT molecular complexity index is 245. The van der Waals surface area contributed by atoms with Crippen LogP contribution in [0.15, 0.2) is 11.6 Å². The van der Waals surface area contributed by atoms with E-state index in [-0.39, 0.29) is 5.57 Å². The van der Waals surface area contributed by atoms with Gasteiger partial charge in [-0.2, -0.15) is 0 Å². The first-order chi connectivity index (χ1) is 5.72. The van der Waals surface area contributed by atoms with Crippen LogP contribution in [0.25, 0.3) is 0 Å². The Labute approximate surface area is 77.2 Å². The minimum atomic E-state index is -1.12. The van der Waals surface area contributed by atoms with Gasteiger partial charge in [0, 0.05) is 11.6 Å². The molecule has 0 atom stereocenters. The molecule has 4 nitrogen and oxygen atoms in total. The summed E-state index contributed by atoms with van der Waals surface area (Å²) in [6.45, 7) is 6.49. The summed E-state index contributed by atoms with van der Waals surface area (Å²) in [5.74, 6) is -1.75. The van der Waals surface area contributed by atoms with E-state index in [9.17, 15) is 9.59 Å². The van der Waals surface area contributed by atoms with E-state index in [0.717, 1.165) is 6.08 Å². The number of carbonyl (C=O) groups excluding carboxylic acids is 1. The fraction of sp³-hybridized carbons (Fsp3) is 0.556. The molecule has 4 heteroatoms. The van der Waals surface area contributed by atoms with E-state index in [1.165, 1.54) is 6.92 Å². The third-order valence-electron chi connectivity index (χ3n) is 1.08. The van der Waals surface area contributed by atoms with Gasteiger partial charge >= 0.3 is 11.9 Å². The number of carboxylic acid groups (broad SMARTS) is 1. The fourth-order valence-corrected chi connectivity index (χ4v) is 0.570. The first-order valence-electron chi connectivity index (χ1n) is 3.87. The van der Waals surface area contributed by atoms with E-state index in [1.807, 2.05) is 0 Å². The Balaban J connectivity index is 4.32. The monoisotopic (exact) mass is 186 g/mol. The number of rotatable bonds is 2. The highest BCUT2D eigenvalue weighted by molar-refractivity contribution is 5.94. The van der Waals surface area contributed by atoms with Crippen LogP contribution >= 0.6 is 0 Å². The maximum atomic E-state index is 11.0. The number of hydrogen-bond acceptors (Lipinski definition) is 3. The van der Waals surface area contributed by atoms with Crippen molar-refractivity contribution in [3.05, 3.63) is 11.6 Å². The van der Waals surface area contributed by atoms with Crippen LogP contribution in [0.2, 0.25) is 0 Å². The molecule has 0 aliphatic heterocycles. The number of aliphatic carboxylic acids is 1. The molecule has 0 fully saturated rings. The van der Waals surface area contributed by atoms with Crippen LogP contribution in [-0.2, 0) is 14.3 Å². The predicted molar refractivity (Wildman–Crippen MR) is 47.2 cm³/mol. The summed E-state index contributed by atoms with van der Waals surface area (Å²) in [5, 5.41) is 8.45. The smallest absolute Gasteiger partial charge is 0.331 e. The Kier molecular flexibility index (Phi) is 3.66. The van der Waals surface area contributed by atoms with Crippen molar-refractivity contribution < 1.29 is 19.4 Å². The molecular formula is C9H14O4. The molecule has 0 aromatic heterocycles. The van der Waals surface area contributed by atoms with Crippen LogP contribution in [0.4, 0.5) is 0 Å². The third kappa shape index (κ3) is 5.90. The molecular weight excluding hydrogens is 172 g/mol. The zero-order valence-corrected chi connectivity index (χ0v) is 8.25. The lowest BCUT2D eigenvalue weighted by Gasteiger charge is -2.18. The van der Waals surface area contributed by atoms with Gasteiger partial charge in [-0.25, -0.2) is 9.59 Å². The van der Waals surface area contributed by atoms with Crippen molar-refractivity contribution in [3.8, 4) is 0 Å². The summed E-state index contributed by atoms with van der Waals surface area (Å²) >= 11 is 0. The fourth-order valence-electron chi connectivity index (χ4n) is 0.570. The molecule has 1 N–H and O–H groups in total. The van der Waals surface area contributed by atoms with Gasteiger partial charge in [0.05, 0.1) is 0 Å². The third-order valence-corrected chi connectivity index (χ3v) is 1.08. The van der Waals surface area contributed by atoms with Crippen LogP contribution in [-0.4, -0.2) is 22.6 Å². The average molecular weight is 186 g/mol. The molecule has 0 unspecified atom stereocenters. The molecule has 0 saturated carbocycles. The van der Waals surface area contributed by atoms with Gasteiger partial charge in [0.2, 0.25) is 0 Å². The molecule has 0 aromatic carbocycles. The SMILES string of the molecule is CC(=CC(=O)OC(C)(C)C)C(=O)O. The van der Waals surface area contributed by atoms with Gasteiger partial charge in [0.25, 0.3) is 0 Å². The summed E-state index contributed by atoms with van der Waals surface area (Å²) < 4.78 is 4.88. The highest BCUT2D eigenvalue weighted by Crippen LogP contribution is 2.08. The van der Waals surface area contributed by atoms with Crippen molar-refractivity contribution in [2.75, 3.05) is 0 Å². The summed E-state index contributed by atoms with van der Waals surface area (Å²) in [4.78, 5) is 21.3. The normalized spacial score (nSPS) is 12.5. The van der Waals surface area contributed by atoms with Gasteiger partial charge in [0.1, 0.15) is 5.60 Å². The van der Waals surface area contributed by atoms with Crippen LogP contribution in [0.1, 0.15) is 27.7 Å². The minimum Gasteiger partial charge on any atom is -0.478 e. The number of hydrogen-bond donors (Lipinski definition) is 1. The molecule has 0 saturated heterocycles. The molecule has 0 bridgehead atoms.